The molecule has 1 aliphatic heterocycles. The van der Waals surface area contributed by atoms with Gasteiger partial charge >= 0.3 is 6.03 Å². The van der Waals surface area contributed by atoms with E-state index in [0.29, 0.717) is 12.2 Å². The average Bonchev–Trinajstić information content (AvgIpc) is 3.36. The summed E-state index contributed by atoms with van der Waals surface area (Å²) in [6, 6.07) is 5.00. The van der Waals surface area contributed by atoms with Crippen LogP contribution >= 0.6 is 0 Å². The highest BCUT2D eigenvalue weighted by atomic mass is 19.1. The number of benzene rings is 1. The molecule has 1 N–H and O–H groups in total. The van der Waals surface area contributed by atoms with Gasteiger partial charge in [-0.2, -0.15) is 0 Å². The quantitative estimate of drug-likeness (QED) is 0.837. The zero-order chi connectivity index (χ0) is 17.5. The van der Waals surface area contributed by atoms with Crippen LogP contribution in [0, 0.1) is 11.7 Å². The molecule has 1 saturated heterocycles. The Labute approximate surface area is 139 Å². The van der Waals surface area contributed by atoms with Crippen LogP contribution in [0.25, 0.3) is 0 Å². The van der Waals surface area contributed by atoms with Gasteiger partial charge in [0.2, 0.25) is 5.91 Å². The molecular weight excluding hydrogens is 313 g/mol. The molecule has 3 rings (SSSR count). The lowest BCUT2D eigenvalue weighted by molar-refractivity contribution is -0.134. The summed E-state index contributed by atoms with van der Waals surface area (Å²) in [5, 5.41) is 2.72. The van der Waals surface area contributed by atoms with Gasteiger partial charge in [-0.05, 0) is 56.9 Å². The number of halogens is 1. The van der Waals surface area contributed by atoms with Crippen molar-refractivity contribution < 1.29 is 18.8 Å². The fourth-order valence-corrected chi connectivity index (χ4v) is 3.14. The van der Waals surface area contributed by atoms with Crippen LogP contribution in [0.15, 0.2) is 24.3 Å². The number of carbonyl (C=O) groups is 3. The lowest BCUT2D eigenvalue weighted by atomic mass is 9.96. The summed E-state index contributed by atoms with van der Waals surface area (Å²) < 4.78 is 13.0. The Bertz CT molecular complexity index is 687. The van der Waals surface area contributed by atoms with Gasteiger partial charge in [0.05, 0.1) is 0 Å². The average molecular weight is 333 g/mol. The molecular formula is C17H20FN3O3. The van der Waals surface area contributed by atoms with E-state index in [1.807, 2.05) is 0 Å². The second-order valence-corrected chi connectivity index (χ2v) is 6.41. The fraction of sp³-hybridized carbons (Fsp3) is 0.471. The van der Waals surface area contributed by atoms with Crippen molar-refractivity contribution in [1.29, 1.82) is 0 Å². The minimum atomic E-state index is -0.899. The number of likely N-dealkylation sites (N-methyl/N-ethyl adjacent to an activating group) is 1. The number of anilines is 1. The van der Waals surface area contributed by atoms with Crippen LogP contribution in [-0.2, 0) is 9.59 Å². The number of rotatable bonds is 5. The Morgan fingerprint density at radius 2 is 1.96 bits per heavy atom. The van der Waals surface area contributed by atoms with Gasteiger partial charge in [0.25, 0.3) is 5.91 Å². The molecule has 1 aromatic rings. The van der Waals surface area contributed by atoms with E-state index in [9.17, 15) is 18.8 Å². The number of urea groups is 1. The third kappa shape index (κ3) is 2.74. The van der Waals surface area contributed by atoms with Gasteiger partial charge in [-0.1, -0.05) is 0 Å². The summed E-state index contributed by atoms with van der Waals surface area (Å²) in [6.07, 6.45) is 1.81. The van der Waals surface area contributed by atoms with Crippen molar-refractivity contribution in [3.8, 4) is 0 Å². The van der Waals surface area contributed by atoms with Crippen LogP contribution in [0.3, 0.4) is 0 Å². The molecule has 1 aromatic carbocycles. The van der Waals surface area contributed by atoms with Crippen molar-refractivity contribution in [1.82, 2.24) is 10.2 Å². The Kier molecular flexibility index (Phi) is 4.03. The summed E-state index contributed by atoms with van der Waals surface area (Å²) >= 11 is 0. The van der Waals surface area contributed by atoms with E-state index in [1.165, 1.54) is 29.2 Å². The zero-order valence-corrected chi connectivity index (χ0v) is 13.7. The highest BCUT2D eigenvalue weighted by Crippen LogP contribution is 2.42. The van der Waals surface area contributed by atoms with Crippen LogP contribution in [0.4, 0.5) is 14.9 Å². The summed E-state index contributed by atoms with van der Waals surface area (Å²) in [5.74, 6) is -0.976. The van der Waals surface area contributed by atoms with Crippen molar-refractivity contribution in [2.45, 2.75) is 32.2 Å². The molecule has 1 heterocycles. The van der Waals surface area contributed by atoms with E-state index in [1.54, 1.807) is 13.8 Å². The number of hydrogen-bond donors (Lipinski definition) is 1. The topological polar surface area (TPSA) is 69.7 Å². The molecule has 2 aliphatic rings. The molecule has 24 heavy (non-hydrogen) atoms. The molecule has 1 aliphatic carbocycles. The van der Waals surface area contributed by atoms with Gasteiger partial charge in [-0.15, -0.1) is 0 Å². The summed E-state index contributed by atoms with van der Waals surface area (Å²) in [6.45, 7) is 3.53. The molecule has 1 unspecified atom stereocenters. The molecule has 1 atom stereocenters. The second kappa shape index (κ2) is 5.89. The van der Waals surface area contributed by atoms with Gasteiger partial charge in [0.15, 0.2) is 0 Å². The summed E-state index contributed by atoms with van der Waals surface area (Å²) in [5.41, 5.74) is -0.370. The predicted octanol–water partition coefficient (Wildman–Crippen LogP) is 1.90. The van der Waals surface area contributed by atoms with E-state index >= 15 is 0 Å². The number of hydrogen-bond acceptors (Lipinski definition) is 3. The first kappa shape index (κ1) is 16.4. The van der Waals surface area contributed by atoms with Crippen LogP contribution < -0.4 is 10.2 Å². The minimum Gasteiger partial charge on any atom is -0.323 e. The van der Waals surface area contributed by atoms with Crippen LogP contribution in [-0.4, -0.2) is 41.4 Å². The van der Waals surface area contributed by atoms with Gasteiger partial charge in [0.1, 0.15) is 17.9 Å². The van der Waals surface area contributed by atoms with Crippen molar-refractivity contribution in [3.63, 3.8) is 0 Å². The van der Waals surface area contributed by atoms with Crippen molar-refractivity contribution >= 4 is 23.5 Å². The molecule has 0 bridgehead atoms. The Morgan fingerprint density at radius 1 is 1.33 bits per heavy atom. The monoisotopic (exact) mass is 333 g/mol. The molecule has 2 fully saturated rings. The smallest absolute Gasteiger partial charge is 0.323 e. The summed E-state index contributed by atoms with van der Waals surface area (Å²) in [4.78, 5) is 39.7. The first-order chi connectivity index (χ1) is 11.4. The van der Waals surface area contributed by atoms with Crippen LogP contribution in [0.5, 0.6) is 0 Å². The maximum atomic E-state index is 13.0. The molecule has 128 valence electrons. The number of imide groups is 1. The molecule has 6 nitrogen and oxygen atoms in total. The zero-order valence-electron chi connectivity index (χ0n) is 13.7. The lowest BCUT2D eigenvalue weighted by Crippen LogP contribution is -2.47. The Balaban J connectivity index is 1.74. The third-order valence-electron chi connectivity index (χ3n) is 4.74. The molecule has 0 spiro atoms. The number of nitrogens with one attached hydrogen (secondary N) is 1. The first-order valence-corrected chi connectivity index (χ1v) is 8.07. The number of carbonyl (C=O) groups excluding carboxylic acids is 3. The molecule has 4 amide bonds. The third-order valence-corrected chi connectivity index (χ3v) is 4.74. The SMILES string of the molecule is CCN(C(=O)CN1C(=O)NC(C)(C2CC2)C1=O)c1ccc(F)cc1. The highest BCUT2D eigenvalue weighted by Gasteiger charge is 2.56. The number of nitrogens with zero attached hydrogens (tertiary/aromatic N) is 2. The van der Waals surface area contributed by atoms with E-state index in [0.717, 1.165) is 17.7 Å². The van der Waals surface area contributed by atoms with E-state index in [-0.39, 0.29) is 24.3 Å². The Hall–Kier alpha value is -2.44. The lowest BCUT2D eigenvalue weighted by Gasteiger charge is -2.24. The van der Waals surface area contributed by atoms with Crippen LogP contribution in [0.2, 0.25) is 0 Å². The van der Waals surface area contributed by atoms with E-state index < -0.39 is 17.4 Å². The van der Waals surface area contributed by atoms with Crippen molar-refractivity contribution in [2.75, 3.05) is 18.0 Å². The van der Waals surface area contributed by atoms with Crippen LogP contribution in [0.1, 0.15) is 26.7 Å². The molecule has 0 aromatic heterocycles. The molecule has 1 saturated carbocycles. The molecule has 7 heteroatoms. The largest absolute Gasteiger partial charge is 0.325 e. The number of amides is 4. The van der Waals surface area contributed by atoms with Gasteiger partial charge in [-0.25, -0.2) is 9.18 Å². The standard InChI is InChI=1S/C17H20FN3O3/c1-3-20(13-8-6-12(18)7-9-13)14(22)10-21-15(23)17(2,11-4-5-11)19-16(21)24/h6-9,11H,3-5,10H2,1-2H3,(H,19,24). The predicted molar refractivity (Wildman–Crippen MR) is 85.8 cm³/mol. The maximum Gasteiger partial charge on any atom is 0.325 e. The van der Waals surface area contributed by atoms with Gasteiger partial charge in [0, 0.05) is 12.2 Å². The maximum absolute atomic E-state index is 13.0. The van der Waals surface area contributed by atoms with Crippen molar-refractivity contribution in [2.24, 2.45) is 5.92 Å². The highest BCUT2D eigenvalue weighted by molar-refractivity contribution is 6.10. The Morgan fingerprint density at radius 3 is 2.50 bits per heavy atom. The molecule has 0 radical (unpaired) electrons. The van der Waals surface area contributed by atoms with Gasteiger partial charge in [-0.3, -0.25) is 14.5 Å². The van der Waals surface area contributed by atoms with E-state index in [2.05, 4.69) is 5.32 Å². The second-order valence-electron chi connectivity index (χ2n) is 6.41. The van der Waals surface area contributed by atoms with E-state index in [4.69, 9.17) is 0 Å². The fourth-order valence-electron chi connectivity index (χ4n) is 3.14. The first-order valence-electron chi connectivity index (χ1n) is 8.07. The summed E-state index contributed by atoms with van der Waals surface area (Å²) in [7, 11) is 0. The van der Waals surface area contributed by atoms with Crippen molar-refractivity contribution in [3.05, 3.63) is 30.1 Å². The van der Waals surface area contributed by atoms with Gasteiger partial charge < -0.3 is 10.2 Å². The minimum absolute atomic E-state index is 0.147. The normalized spacial score (nSPS) is 23.4.